The van der Waals surface area contributed by atoms with E-state index in [-0.39, 0.29) is 18.0 Å². The third-order valence-corrected chi connectivity index (χ3v) is 10.0. The first kappa shape index (κ1) is 34.5. The van der Waals surface area contributed by atoms with Crippen LogP contribution in [0.15, 0.2) is 37.2 Å². The van der Waals surface area contributed by atoms with Gasteiger partial charge in [-0.3, -0.25) is 18.9 Å². The van der Waals surface area contributed by atoms with Gasteiger partial charge in [0.15, 0.2) is 5.78 Å². The maximum atomic E-state index is 13.6. The fraction of sp³-hybridized carbons (Fsp3) is 0.676. The number of pyridine rings is 1. The summed E-state index contributed by atoms with van der Waals surface area (Å²) in [5.74, 6) is 3.87. The lowest BCUT2D eigenvalue weighted by atomic mass is 9.50. The molecule has 5 rings (SSSR count). The molecule has 1 N–H and O–H groups in total. The number of hydrogen-bond donors (Lipinski definition) is 1. The van der Waals surface area contributed by atoms with Gasteiger partial charge in [-0.25, -0.2) is 0 Å². The maximum absolute atomic E-state index is 13.6. The van der Waals surface area contributed by atoms with Gasteiger partial charge in [0.25, 0.3) is 0 Å². The van der Waals surface area contributed by atoms with Crippen LogP contribution in [0.3, 0.4) is 0 Å². The second-order valence-electron chi connectivity index (χ2n) is 11.9. The highest BCUT2D eigenvalue weighted by Gasteiger charge is 2.57. The van der Waals surface area contributed by atoms with Crippen molar-refractivity contribution in [1.82, 2.24) is 14.8 Å². The Kier molecular flexibility index (Phi) is 14.0. The van der Waals surface area contributed by atoms with E-state index in [0.717, 1.165) is 42.1 Å². The van der Waals surface area contributed by atoms with Crippen molar-refractivity contribution < 1.29 is 14.0 Å². The Labute approximate surface area is 247 Å². The molecule has 0 amide bonds. The second kappa shape index (κ2) is 16.7. The Hall–Kier alpha value is -2.70. The average Bonchev–Trinajstić information content (AvgIpc) is 3.57. The lowest BCUT2D eigenvalue weighted by Gasteiger charge is -2.54. The van der Waals surface area contributed by atoms with Crippen LogP contribution in [0, 0.1) is 46.3 Å². The molecular formula is C34H53FN4O2. The van der Waals surface area contributed by atoms with Crippen LogP contribution in [-0.2, 0) is 16.1 Å². The number of ketones is 1. The number of nitrogens with zero attached hydrogens (tertiary/aromatic N) is 3. The fourth-order valence-electron chi connectivity index (χ4n) is 8.34. The summed E-state index contributed by atoms with van der Waals surface area (Å²) in [5.41, 5.74) is 2.43. The number of hydrogen-bond acceptors (Lipinski definition) is 5. The van der Waals surface area contributed by atoms with Crippen molar-refractivity contribution in [2.24, 2.45) is 40.9 Å². The van der Waals surface area contributed by atoms with Gasteiger partial charge in [0.1, 0.15) is 18.9 Å². The number of carbonyl (C=O) groups is 2. The molecule has 0 saturated heterocycles. The molecule has 3 aliphatic rings. The van der Waals surface area contributed by atoms with Gasteiger partial charge in [-0.2, -0.15) is 5.10 Å². The van der Waals surface area contributed by atoms with E-state index in [1.54, 1.807) is 19.3 Å². The lowest BCUT2D eigenvalue weighted by Crippen LogP contribution is -2.48. The minimum atomic E-state index is -0.169. The highest BCUT2D eigenvalue weighted by atomic mass is 19.1. The van der Waals surface area contributed by atoms with E-state index >= 15 is 0 Å². The van der Waals surface area contributed by atoms with Crippen molar-refractivity contribution in [1.29, 1.82) is 5.41 Å². The molecule has 0 radical (unpaired) electrons. The zero-order valence-electron chi connectivity index (χ0n) is 26.1. The van der Waals surface area contributed by atoms with Gasteiger partial charge in [0, 0.05) is 17.8 Å². The third-order valence-electron chi connectivity index (χ3n) is 10.0. The first-order valence-corrected chi connectivity index (χ1v) is 15.7. The van der Waals surface area contributed by atoms with Crippen molar-refractivity contribution >= 4 is 29.3 Å². The number of carbonyl (C=O) groups excluding carboxylic acids is 2. The van der Waals surface area contributed by atoms with Gasteiger partial charge >= 0.3 is 0 Å². The van der Waals surface area contributed by atoms with E-state index in [4.69, 9.17) is 10.2 Å². The SMILES string of the molecule is C=CC(C)=N.C=O.CC.CCCC1C(CCF)CCC2C1CCC1(C)C(C(=O)Cn3ncc4ncccc43)CCC21. The average molecular weight is 569 g/mol. The predicted molar refractivity (Wildman–Crippen MR) is 167 cm³/mol. The van der Waals surface area contributed by atoms with E-state index in [2.05, 4.69) is 30.5 Å². The monoisotopic (exact) mass is 568 g/mol. The maximum Gasteiger partial charge on any atom is 0.157 e. The molecule has 0 spiro atoms. The molecule has 3 aliphatic carbocycles. The molecule has 3 saturated carbocycles. The minimum absolute atomic E-state index is 0.114. The van der Waals surface area contributed by atoms with E-state index in [0.29, 0.717) is 35.8 Å². The molecule has 6 nitrogen and oxygen atoms in total. The Morgan fingerprint density at radius 3 is 2.51 bits per heavy atom. The predicted octanol–water partition coefficient (Wildman–Crippen LogP) is 8.30. The van der Waals surface area contributed by atoms with Crippen LogP contribution in [0.2, 0.25) is 0 Å². The number of fused-ring (bicyclic) bond motifs is 4. The van der Waals surface area contributed by atoms with Crippen LogP contribution in [0.4, 0.5) is 4.39 Å². The largest absolute Gasteiger partial charge is 0.307 e. The van der Waals surface area contributed by atoms with E-state index < -0.39 is 0 Å². The van der Waals surface area contributed by atoms with Gasteiger partial charge in [0.2, 0.25) is 0 Å². The molecule has 2 aromatic heterocycles. The lowest BCUT2D eigenvalue weighted by molar-refractivity contribution is -0.130. The number of alkyl halides is 1. The number of nitrogens with one attached hydrogen (secondary N) is 1. The Morgan fingerprint density at radius 1 is 1.17 bits per heavy atom. The molecule has 228 valence electrons. The standard InChI is InChI=1S/C27H38FN3O.C4H7N.C2H6.CH2O/c1-3-5-19-18(12-14-28)7-8-21-20(19)11-13-27(2)22(21)9-10-23(27)26(32)17-31-25-6-4-15-29-24(25)16-30-31;1-3-4(2)5;2*1-2/h4,6,15-16,18-23H,3,5,7-14,17H2,1-2H3;3,5H,1H2,2H3;1-2H3;1H2. The van der Waals surface area contributed by atoms with Crippen molar-refractivity contribution in [3.8, 4) is 0 Å². The Morgan fingerprint density at radius 2 is 1.88 bits per heavy atom. The summed E-state index contributed by atoms with van der Waals surface area (Å²) in [4.78, 5) is 25.9. The van der Waals surface area contributed by atoms with E-state index in [1.165, 1.54) is 44.6 Å². The fourth-order valence-corrected chi connectivity index (χ4v) is 8.34. The molecule has 7 atom stereocenters. The van der Waals surface area contributed by atoms with Crippen molar-refractivity contribution in [2.45, 2.75) is 99.0 Å². The zero-order chi connectivity index (χ0) is 30.6. The van der Waals surface area contributed by atoms with Crippen LogP contribution in [0.1, 0.15) is 92.4 Å². The molecule has 3 fully saturated rings. The topological polar surface area (TPSA) is 88.7 Å². The molecule has 7 unspecified atom stereocenters. The number of aromatic nitrogens is 3. The molecule has 0 aromatic carbocycles. The van der Waals surface area contributed by atoms with Crippen LogP contribution in [-0.4, -0.2) is 39.7 Å². The summed E-state index contributed by atoms with van der Waals surface area (Å²) < 4.78 is 15.1. The zero-order valence-corrected chi connectivity index (χ0v) is 26.1. The van der Waals surface area contributed by atoms with Gasteiger partial charge < -0.3 is 10.2 Å². The number of allylic oxidation sites excluding steroid dienone is 1. The summed E-state index contributed by atoms with van der Waals surface area (Å²) >= 11 is 0. The molecule has 2 heterocycles. The molecule has 0 bridgehead atoms. The second-order valence-corrected chi connectivity index (χ2v) is 11.9. The molecule has 0 aliphatic heterocycles. The third kappa shape index (κ3) is 7.78. The van der Waals surface area contributed by atoms with Crippen LogP contribution in [0.5, 0.6) is 0 Å². The first-order valence-electron chi connectivity index (χ1n) is 15.7. The van der Waals surface area contributed by atoms with Gasteiger partial charge in [-0.1, -0.05) is 47.1 Å². The summed E-state index contributed by atoms with van der Waals surface area (Å²) in [6, 6.07) is 3.90. The molecule has 7 heteroatoms. The van der Waals surface area contributed by atoms with E-state index in [9.17, 15) is 9.18 Å². The normalized spacial score (nSPS) is 29.7. The van der Waals surface area contributed by atoms with Crippen molar-refractivity contribution in [3.05, 3.63) is 37.2 Å². The van der Waals surface area contributed by atoms with Gasteiger partial charge in [-0.15, -0.1) is 0 Å². The molecular weight excluding hydrogens is 515 g/mol. The van der Waals surface area contributed by atoms with Gasteiger partial charge in [-0.05, 0) is 105 Å². The minimum Gasteiger partial charge on any atom is -0.307 e. The summed E-state index contributed by atoms with van der Waals surface area (Å²) in [6.45, 7) is 15.9. The van der Waals surface area contributed by atoms with Crippen LogP contribution in [0.25, 0.3) is 11.0 Å². The summed E-state index contributed by atoms with van der Waals surface area (Å²) in [5, 5.41) is 11.1. The number of rotatable bonds is 8. The Balaban J connectivity index is 0.000000583. The van der Waals surface area contributed by atoms with E-state index in [1.807, 2.05) is 37.5 Å². The first-order chi connectivity index (χ1) is 19.8. The summed E-state index contributed by atoms with van der Waals surface area (Å²) in [7, 11) is 0. The number of Topliss-reactive ketones (excluding diaryl/α,β-unsaturated/α-hetero) is 1. The number of halogens is 1. The highest BCUT2D eigenvalue weighted by molar-refractivity contribution is 5.89. The smallest absolute Gasteiger partial charge is 0.157 e. The van der Waals surface area contributed by atoms with Crippen molar-refractivity contribution in [2.75, 3.05) is 6.67 Å². The summed E-state index contributed by atoms with van der Waals surface area (Å²) in [6.07, 6.45) is 15.2. The highest BCUT2D eigenvalue weighted by Crippen LogP contribution is 2.63. The molecule has 41 heavy (non-hydrogen) atoms. The van der Waals surface area contributed by atoms with Crippen LogP contribution >= 0.6 is 0 Å². The Bertz CT molecular complexity index is 1120. The quantitative estimate of drug-likeness (QED) is 0.324. The molecule has 2 aromatic rings. The van der Waals surface area contributed by atoms with Crippen molar-refractivity contribution in [3.63, 3.8) is 0 Å². The van der Waals surface area contributed by atoms with Crippen LogP contribution < -0.4 is 0 Å². The van der Waals surface area contributed by atoms with Gasteiger partial charge in [0.05, 0.1) is 18.4 Å².